The SMILES string of the molecule is Cc1ccc(-n2c(SCC(=O)N/N=C\c3ccccc3OCC(=O)O)nnc2-c2ccccc2)cc1. The lowest BCUT2D eigenvalue weighted by Gasteiger charge is -2.10. The molecule has 0 aliphatic carbocycles. The van der Waals surface area contributed by atoms with E-state index in [1.165, 1.54) is 18.0 Å². The first-order valence-corrected chi connectivity index (χ1v) is 12.0. The molecule has 2 N–H and O–H groups in total. The van der Waals surface area contributed by atoms with Crippen LogP contribution in [0.2, 0.25) is 0 Å². The Bertz CT molecular complexity index is 1370. The van der Waals surface area contributed by atoms with E-state index in [0.717, 1.165) is 16.8 Å². The van der Waals surface area contributed by atoms with Gasteiger partial charge in [-0.15, -0.1) is 10.2 Å². The third kappa shape index (κ3) is 6.36. The van der Waals surface area contributed by atoms with Crippen molar-refractivity contribution in [2.75, 3.05) is 12.4 Å². The van der Waals surface area contributed by atoms with E-state index in [0.29, 0.717) is 22.3 Å². The molecule has 0 unspecified atom stereocenters. The summed E-state index contributed by atoms with van der Waals surface area (Å²) in [6, 6.07) is 24.5. The molecule has 182 valence electrons. The zero-order valence-corrected chi connectivity index (χ0v) is 20.2. The van der Waals surface area contributed by atoms with E-state index >= 15 is 0 Å². The van der Waals surface area contributed by atoms with E-state index in [9.17, 15) is 9.59 Å². The summed E-state index contributed by atoms with van der Waals surface area (Å²) in [5, 5.41) is 22.1. The first kappa shape index (κ1) is 24.7. The number of hydrogen-bond donors (Lipinski definition) is 2. The molecule has 0 radical (unpaired) electrons. The maximum absolute atomic E-state index is 12.5. The number of rotatable bonds is 10. The number of aryl methyl sites for hydroxylation is 1. The predicted octanol–water partition coefficient (Wildman–Crippen LogP) is 3.95. The molecule has 1 amide bonds. The molecule has 0 aliphatic rings. The van der Waals surface area contributed by atoms with Crippen molar-refractivity contribution in [1.82, 2.24) is 20.2 Å². The Hall–Kier alpha value is -4.44. The second-order valence-electron chi connectivity index (χ2n) is 7.65. The lowest BCUT2D eigenvalue weighted by molar-refractivity contribution is -0.139. The van der Waals surface area contributed by atoms with Crippen LogP contribution in [0.5, 0.6) is 5.75 Å². The topological polar surface area (TPSA) is 119 Å². The molecular weight excluding hydrogens is 478 g/mol. The van der Waals surface area contributed by atoms with Gasteiger partial charge in [0, 0.05) is 16.8 Å². The molecule has 1 aromatic heterocycles. The largest absolute Gasteiger partial charge is 0.481 e. The summed E-state index contributed by atoms with van der Waals surface area (Å²) in [4.78, 5) is 23.2. The number of benzene rings is 3. The van der Waals surface area contributed by atoms with Gasteiger partial charge in [-0.25, -0.2) is 10.2 Å². The van der Waals surface area contributed by atoms with Crippen molar-refractivity contribution in [3.8, 4) is 22.8 Å². The van der Waals surface area contributed by atoms with Crippen LogP contribution in [0.25, 0.3) is 17.1 Å². The Labute approximate surface area is 211 Å². The number of hydrogen-bond acceptors (Lipinski definition) is 7. The van der Waals surface area contributed by atoms with Crippen molar-refractivity contribution in [3.63, 3.8) is 0 Å². The van der Waals surface area contributed by atoms with Crippen molar-refractivity contribution in [1.29, 1.82) is 0 Å². The fourth-order valence-corrected chi connectivity index (χ4v) is 4.00. The maximum Gasteiger partial charge on any atom is 0.341 e. The Kier molecular flexibility index (Phi) is 8.09. The number of aromatic nitrogens is 3. The highest BCUT2D eigenvalue weighted by Gasteiger charge is 2.17. The fraction of sp³-hybridized carbons (Fsp3) is 0.115. The predicted molar refractivity (Wildman–Crippen MR) is 138 cm³/mol. The van der Waals surface area contributed by atoms with E-state index in [1.807, 2.05) is 66.1 Å². The third-order valence-corrected chi connectivity index (χ3v) is 5.88. The third-order valence-electron chi connectivity index (χ3n) is 4.95. The molecule has 0 fully saturated rings. The molecule has 0 bridgehead atoms. The van der Waals surface area contributed by atoms with Gasteiger partial charge in [-0.3, -0.25) is 9.36 Å². The van der Waals surface area contributed by atoms with E-state index in [1.54, 1.807) is 24.3 Å². The highest BCUT2D eigenvalue weighted by atomic mass is 32.2. The van der Waals surface area contributed by atoms with Crippen LogP contribution in [0.4, 0.5) is 0 Å². The number of carboxylic acid groups (broad SMARTS) is 1. The number of amides is 1. The number of carbonyl (C=O) groups excluding carboxylic acids is 1. The molecule has 0 spiro atoms. The number of hydrazone groups is 1. The molecule has 0 saturated heterocycles. The molecule has 0 atom stereocenters. The highest BCUT2D eigenvalue weighted by molar-refractivity contribution is 7.99. The molecule has 3 aromatic carbocycles. The van der Waals surface area contributed by atoms with Gasteiger partial charge in [0.05, 0.1) is 12.0 Å². The summed E-state index contributed by atoms with van der Waals surface area (Å²) in [6.45, 7) is 1.55. The van der Waals surface area contributed by atoms with Crippen LogP contribution in [0.1, 0.15) is 11.1 Å². The van der Waals surface area contributed by atoms with E-state index in [2.05, 4.69) is 20.7 Å². The average molecular weight is 502 g/mol. The van der Waals surface area contributed by atoms with Gasteiger partial charge in [0.1, 0.15) is 5.75 Å². The van der Waals surface area contributed by atoms with Gasteiger partial charge in [0.15, 0.2) is 17.6 Å². The fourth-order valence-electron chi connectivity index (χ4n) is 3.26. The Morgan fingerprint density at radius 1 is 1.03 bits per heavy atom. The molecule has 0 aliphatic heterocycles. The monoisotopic (exact) mass is 501 g/mol. The second-order valence-corrected chi connectivity index (χ2v) is 8.59. The van der Waals surface area contributed by atoms with Crippen LogP contribution >= 0.6 is 11.8 Å². The van der Waals surface area contributed by atoms with Crippen LogP contribution in [0, 0.1) is 6.92 Å². The van der Waals surface area contributed by atoms with Crippen LogP contribution in [-0.4, -0.2) is 50.3 Å². The van der Waals surface area contributed by atoms with Crippen LogP contribution < -0.4 is 10.2 Å². The van der Waals surface area contributed by atoms with Gasteiger partial charge >= 0.3 is 5.97 Å². The van der Waals surface area contributed by atoms with Gasteiger partial charge in [0.25, 0.3) is 5.91 Å². The molecule has 4 aromatic rings. The van der Waals surface area contributed by atoms with Crippen molar-refractivity contribution in [2.24, 2.45) is 5.10 Å². The summed E-state index contributed by atoms with van der Waals surface area (Å²) in [5.74, 6) is -0.320. The molecule has 0 saturated carbocycles. The van der Waals surface area contributed by atoms with Crippen LogP contribution in [0.15, 0.2) is 89.1 Å². The lowest BCUT2D eigenvalue weighted by Crippen LogP contribution is -2.20. The first-order valence-electron chi connectivity index (χ1n) is 11.0. The number of carbonyl (C=O) groups is 2. The lowest BCUT2D eigenvalue weighted by atomic mass is 10.2. The summed E-state index contributed by atoms with van der Waals surface area (Å²) in [5.41, 5.74) is 5.96. The second kappa shape index (κ2) is 11.8. The van der Waals surface area contributed by atoms with Crippen molar-refractivity contribution >= 4 is 29.9 Å². The number of aliphatic carboxylic acids is 1. The number of para-hydroxylation sites is 1. The van der Waals surface area contributed by atoms with Gasteiger partial charge in [-0.2, -0.15) is 5.10 Å². The summed E-state index contributed by atoms with van der Waals surface area (Å²) in [6.07, 6.45) is 1.40. The van der Waals surface area contributed by atoms with Crippen LogP contribution in [-0.2, 0) is 9.59 Å². The smallest absolute Gasteiger partial charge is 0.341 e. The van der Waals surface area contributed by atoms with Gasteiger partial charge in [-0.05, 0) is 31.2 Å². The minimum absolute atomic E-state index is 0.0628. The molecule has 1 heterocycles. The normalized spacial score (nSPS) is 10.9. The van der Waals surface area contributed by atoms with Gasteiger partial charge < -0.3 is 9.84 Å². The van der Waals surface area contributed by atoms with E-state index < -0.39 is 12.6 Å². The standard InChI is InChI=1S/C26H23N5O4S/c1-18-11-13-21(14-12-18)31-25(19-7-3-2-4-8-19)29-30-26(31)36-17-23(32)28-27-15-20-9-5-6-10-22(20)35-16-24(33)34/h2-15H,16-17H2,1H3,(H,28,32)(H,33,34)/b27-15-. The quantitative estimate of drug-likeness (QED) is 0.192. The number of thioether (sulfide) groups is 1. The number of nitrogens with one attached hydrogen (secondary N) is 1. The molecule has 4 rings (SSSR count). The minimum atomic E-state index is -1.08. The summed E-state index contributed by atoms with van der Waals surface area (Å²) in [7, 11) is 0. The summed E-state index contributed by atoms with van der Waals surface area (Å²) >= 11 is 1.24. The van der Waals surface area contributed by atoms with Crippen molar-refractivity contribution in [2.45, 2.75) is 12.1 Å². The highest BCUT2D eigenvalue weighted by Crippen LogP contribution is 2.28. The van der Waals surface area contributed by atoms with Crippen molar-refractivity contribution in [3.05, 3.63) is 90.0 Å². The van der Waals surface area contributed by atoms with E-state index in [-0.39, 0.29) is 11.7 Å². The molecule has 9 nitrogen and oxygen atoms in total. The van der Waals surface area contributed by atoms with Gasteiger partial charge in [-0.1, -0.05) is 71.9 Å². The molecular formula is C26H23N5O4S. The Morgan fingerprint density at radius 3 is 2.50 bits per heavy atom. The maximum atomic E-state index is 12.5. The zero-order chi connectivity index (χ0) is 25.3. The van der Waals surface area contributed by atoms with Gasteiger partial charge in [0.2, 0.25) is 0 Å². The van der Waals surface area contributed by atoms with Crippen molar-refractivity contribution < 1.29 is 19.4 Å². The molecule has 10 heteroatoms. The summed E-state index contributed by atoms with van der Waals surface area (Å²) < 4.78 is 7.16. The Balaban J connectivity index is 1.45. The molecule has 36 heavy (non-hydrogen) atoms. The number of nitrogens with zero attached hydrogens (tertiary/aromatic N) is 4. The minimum Gasteiger partial charge on any atom is -0.481 e. The average Bonchev–Trinajstić information content (AvgIpc) is 3.32. The first-order chi connectivity index (χ1) is 17.5. The number of ether oxygens (including phenoxy) is 1. The Morgan fingerprint density at radius 2 is 1.75 bits per heavy atom. The number of carboxylic acids is 1. The van der Waals surface area contributed by atoms with E-state index in [4.69, 9.17) is 9.84 Å². The van der Waals surface area contributed by atoms with Crippen LogP contribution in [0.3, 0.4) is 0 Å². The zero-order valence-electron chi connectivity index (χ0n) is 19.4.